The van der Waals surface area contributed by atoms with Crippen LogP contribution in [0.1, 0.15) is 13.8 Å². The lowest BCUT2D eigenvalue weighted by molar-refractivity contribution is -0.187. The zero-order valence-corrected chi connectivity index (χ0v) is 12.0. The lowest BCUT2D eigenvalue weighted by atomic mass is 10.3. The molecule has 2 rings (SSSR count). The van der Waals surface area contributed by atoms with Gasteiger partial charge in [0.25, 0.3) is 0 Å². The summed E-state index contributed by atoms with van der Waals surface area (Å²) in [5.74, 6) is -1.43. The van der Waals surface area contributed by atoms with Gasteiger partial charge >= 0.3 is 11.8 Å². The summed E-state index contributed by atoms with van der Waals surface area (Å²) >= 11 is 0. The number of carbonyl (C=O) groups excluding carboxylic acids is 1. The lowest BCUT2D eigenvalue weighted by Gasteiger charge is -2.28. The highest BCUT2D eigenvalue weighted by atomic mass is 16.7. The molecule has 0 N–H and O–H groups in total. The molecule has 0 saturated heterocycles. The van der Waals surface area contributed by atoms with Crippen molar-refractivity contribution in [1.82, 2.24) is 4.98 Å². The van der Waals surface area contributed by atoms with Crippen LogP contribution in [0, 0.1) is 0 Å². The quantitative estimate of drug-likeness (QED) is 0.604. The third-order valence-electron chi connectivity index (χ3n) is 2.64. The maximum absolute atomic E-state index is 12.2. The molecule has 1 atom stereocenters. The van der Waals surface area contributed by atoms with Crippen molar-refractivity contribution in [3.05, 3.63) is 54.7 Å². The minimum atomic E-state index is -1.61. The van der Waals surface area contributed by atoms with Gasteiger partial charge in [-0.3, -0.25) is 0 Å². The Balaban J connectivity index is 2.23. The van der Waals surface area contributed by atoms with Crippen molar-refractivity contribution >= 4 is 5.97 Å². The number of ether oxygens (including phenoxy) is 3. The Bertz CT molecular complexity index is 530. The highest BCUT2D eigenvalue weighted by Crippen LogP contribution is 2.22. The first-order valence-electron chi connectivity index (χ1n) is 6.65. The average Bonchev–Trinajstić information content (AvgIpc) is 2.49. The van der Waals surface area contributed by atoms with Crippen molar-refractivity contribution in [2.24, 2.45) is 0 Å². The number of hydrogen-bond acceptors (Lipinski definition) is 5. The zero-order chi connectivity index (χ0) is 15.1. The number of esters is 1. The van der Waals surface area contributed by atoms with Crippen molar-refractivity contribution in [2.45, 2.75) is 19.6 Å². The predicted octanol–water partition coefficient (Wildman–Crippen LogP) is 2.82. The minimum Gasteiger partial charge on any atom is -0.460 e. The molecule has 1 heterocycles. The Morgan fingerprint density at radius 2 is 1.81 bits per heavy atom. The van der Waals surface area contributed by atoms with E-state index in [1.54, 1.807) is 43.5 Å². The number of pyridine rings is 1. The number of rotatable bonds is 6. The van der Waals surface area contributed by atoms with Gasteiger partial charge < -0.3 is 14.2 Å². The molecular weight excluding hydrogens is 270 g/mol. The molecule has 5 heteroatoms. The molecule has 1 unspecified atom stereocenters. The van der Waals surface area contributed by atoms with Crippen LogP contribution >= 0.6 is 0 Å². The van der Waals surface area contributed by atoms with E-state index >= 15 is 0 Å². The van der Waals surface area contributed by atoms with Crippen LogP contribution in [0.4, 0.5) is 0 Å². The smallest absolute Gasteiger partial charge is 0.392 e. The Kier molecular flexibility index (Phi) is 4.77. The predicted molar refractivity (Wildman–Crippen MR) is 77.0 cm³/mol. The maximum atomic E-state index is 12.2. The van der Waals surface area contributed by atoms with Gasteiger partial charge in [-0.25, -0.2) is 9.78 Å². The fraction of sp³-hybridized carbons (Fsp3) is 0.250. The Hall–Kier alpha value is -2.56. The molecule has 0 radical (unpaired) electrons. The van der Waals surface area contributed by atoms with Crippen LogP contribution < -0.4 is 9.47 Å². The van der Waals surface area contributed by atoms with Gasteiger partial charge in [0, 0.05) is 19.2 Å². The van der Waals surface area contributed by atoms with E-state index in [2.05, 4.69) is 4.98 Å². The second-order valence-corrected chi connectivity index (χ2v) is 4.35. The molecular formula is C16H17NO4. The van der Waals surface area contributed by atoms with Gasteiger partial charge in [-0.05, 0) is 25.1 Å². The SMILES string of the molecule is CCOC(=O)C(C)(Oc1ccccc1)Oc1ccccn1. The monoisotopic (exact) mass is 287 g/mol. The van der Waals surface area contributed by atoms with Crippen LogP contribution in [0.3, 0.4) is 0 Å². The molecule has 0 fully saturated rings. The molecule has 1 aromatic heterocycles. The number of benzene rings is 1. The Morgan fingerprint density at radius 3 is 2.43 bits per heavy atom. The van der Waals surface area contributed by atoms with Crippen molar-refractivity contribution in [1.29, 1.82) is 0 Å². The summed E-state index contributed by atoms with van der Waals surface area (Å²) in [6.45, 7) is 3.46. The van der Waals surface area contributed by atoms with Crippen LogP contribution in [0.15, 0.2) is 54.7 Å². The first kappa shape index (κ1) is 14.8. The fourth-order valence-corrected chi connectivity index (χ4v) is 1.69. The highest BCUT2D eigenvalue weighted by Gasteiger charge is 2.41. The van der Waals surface area contributed by atoms with E-state index in [9.17, 15) is 4.79 Å². The molecule has 2 aromatic rings. The Labute approximate surface area is 123 Å². The second-order valence-electron chi connectivity index (χ2n) is 4.35. The summed E-state index contributed by atoms with van der Waals surface area (Å²) in [5, 5.41) is 0. The van der Waals surface area contributed by atoms with Crippen molar-refractivity contribution < 1.29 is 19.0 Å². The molecule has 110 valence electrons. The molecule has 0 saturated carbocycles. The first-order valence-corrected chi connectivity index (χ1v) is 6.65. The van der Waals surface area contributed by atoms with Crippen molar-refractivity contribution in [3.8, 4) is 11.6 Å². The molecule has 0 bridgehead atoms. The molecule has 0 spiro atoms. The molecule has 0 aliphatic rings. The summed E-state index contributed by atoms with van der Waals surface area (Å²) in [6.07, 6.45) is 1.57. The molecule has 0 amide bonds. The highest BCUT2D eigenvalue weighted by molar-refractivity contribution is 5.78. The van der Waals surface area contributed by atoms with Crippen LogP contribution in [-0.4, -0.2) is 23.3 Å². The van der Waals surface area contributed by atoms with Gasteiger partial charge in [0.2, 0.25) is 5.88 Å². The molecule has 21 heavy (non-hydrogen) atoms. The lowest BCUT2D eigenvalue weighted by Crippen LogP contribution is -2.48. The third kappa shape index (κ3) is 3.95. The minimum absolute atomic E-state index is 0.234. The average molecular weight is 287 g/mol. The largest absolute Gasteiger partial charge is 0.460 e. The van der Waals surface area contributed by atoms with E-state index in [1.807, 2.05) is 18.2 Å². The van der Waals surface area contributed by atoms with Gasteiger partial charge in [0.05, 0.1) is 6.61 Å². The number of aromatic nitrogens is 1. The summed E-state index contributed by atoms with van der Waals surface area (Å²) < 4.78 is 16.3. The van der Waals surface area contributed by atoms with Crippen LogP contribution in [0.2, 0.25) is 0 Å². The van der Waals surface area contributed by atoms with E-state index < -0.39 is 11.8 Å². The van der Waals surface area contributed by atoms with Gasteiger partial charge in [0.15, 0.2) is 0 Å². The van der Waals surface area contributed by atoms with Gasteiger partial charge in [0.1, 0.15) is 5.75 Å². The van der Waals surface area contributed by atoms with E-state index in [0.29, 0.717) is 5.75 Å². The molecule has 5 nitrogen and oxygen atoms in total. The normalized spacial score (nSPS) is 13.0. The number of para-hydroxylation sites is 1. The standard InChI is InChI=1S/C16H17NO4/c1-3-19-15(18)16(2,20-13-9-5-4-6-10-13)21-14-11-7-8-12-17-14/h4-12H,3H2,1-2H3. The first-order chi connectivity index (χ1) is 10.1. The van der Waals surface area contributed by atoms with Crippen LogP contribution in [-0.2, 0) is 9.53 Å². The van der Waals surface area contributed by atoms with E-state index in [4.69, 9.17) is 14.2 Å². The van der Waals surface area contributed by atoms with Gasteiger partial charge in [-0.1, -0.05) is 24.3 Å². The third-order valence-corrected chi connectivity index (χ3v) is 2.64. The molecule has 1 aromatic carbocycles. The second kappa shape index (κ2) is 6.74. The zero-order valence-electron chi connectivity index (χ0n) is 12.0. The topological polar surface area (TPSA) is 57.7 Å². The fourth-order valence-electron chi connectivity index (χ4n) is 1.69. The van der Waals surface area contributed by atoms with Gasteiger partial charge in [-0.2, -0.15) is 0 Å². The number of carbonyl (C=O) groups is 1. The van der Waals surface area contributed by atoms with E-state index in [-0.39, 0.29) is 12.5 Å². The van der Waals surface area contributed by atoms with E-state index in [0.717, 1.165) is 0 Å². The summed E-state index contributed by atoms with van der Waals surface area (Å²) in [7, 11) is 0. The van der Waals surface area contributed by atoms with Crippen molar-refractivity contribution in [3.63, 3.8) is 0 Å². The van der Waals surface area contributed by atoms with E-state index in [1.165, 1.54) is 6.92 Å². The molecule has 0 aliphatic heterocycles. The molecule has 0 aliphatic carbocycles. The van der Waals surface area contributed by atoms with Crippen LogP contribution in [0.25, 0.3) is 0 Å². The van der Waals surface area contributed by atoms with Gasteiger partial charge in [-0.15, -0.1) is 0 Å². The number of hydrogen-bond donors (Lipinski definition) is 0. The summed E-state index contributed by atoms with van der Waals surface area (Å²) in [5.41, 5.74) is 0. The summed E-state index contributed by atoms with van der Waals surface area (Å²) in [6, 6.07) is 14.1. The van der Waals surface area contributed by atoms with Crippen molar-refractivity contribution in [2.75, 3.05) is 6.61 Å². The number of nitrogens with zero attached hydrogens (tertiary/aromatic N) is 1. The summed E-state index contributed by atoms with van der Waals surface area (Å²) in [4.78, 5) is 16.2. The Morgan fingerprint density at radius 1 is 1.10 bits per heavy atom. The maximum Gasteiger partial charge on any atom is 0.392 e. The van der Waals surface area contributed by atoms with Crippen LogP contribution in [0.5, 0.6) is 11.6 Å².